The Kier molecular flexibility index (Phi) is 4.84. The van der Waals surface area contributed by atoms with Crippen molar-refractivity contribution < 1.29 is 9.53 Å². The summed E-state index contributed by atoms with van der Waals surface area (Å²) in [7, 11) is 1.53. The van der Waals surface area contributed by atoms with E-state index in [1.54, 1.807) is 0 Å². The molecule has 4 rings (SSSR count). The lowest BCUT2D eigenvalue weighted by Crippen LogP contribution is -2.43. The number of imidazole rings is 1. The second-order valence-corrected chi connectivity index (χ2v) is 7.54. The van der Waals surface area contributed by atoms with E-state index in [4.69, 9.17) is 10.5 Å². The van der Waals surface area contributed by atoms with E-state index in [1.807, 2.05) is 40.7 Å². The Morgan fingerprint density at radius 3 is 2.57 bits per heavy atom. The molecule has 158 valence electrons. The molecule has 10 nitrogen and oxygen atoms in total. The zero-order valence-corrected chi connectivity index (χ0v) is 17.2. The molecule has 3 heterocycles. The van der Waals surface area contributed by atoms with E-state index in [2.05, 4.69) is 11.9 Å². The summed E-state index contributed by atoms with van der Waals surface area (Å²) in [6, 6.07) is 7.66. The first kappa shape index (κ1) is 19.7. The molecule has 0 aliphatic carbocycles. The van der Waals surface area contributed by atoms with E-state index in [0.717, 1.165) is 16.0 Å². The quantitative estimate of drug-likeness (QED) is 0.655. The molecule has 0 fully saturated rings. The van der Waals surface area contributed by atoms with E-state index >= 15 is 0 Å². The van der Waals surface area contributed by atoms with Crippen LogP contribution in [0.3, 0.4) is 0 Å². The number of hydrogen-bond acceptors (Lipinski definition) is 6. The molecule has 1 amide bonds. The van der Waals surface area contributed by atoms with E-state index < -0.39 is 23.7 Å². The maximum Gasteiger partial charge on any atom is 0.332 e. The van der Waals surface area contributed by atoms with Crippen LogP contribution in [-0.4, -0.2) is 37.7 Å². The highest BCUT2D eigenvalue weighted by Gasteiger charge is 2.30. The fourth-order valence-electron chi connectivity index (χ4n) is 3.91. The van der Waals surface area contributed by atoms with Crippen molar-refractivity contribution >= 4 is 28.7 Å². The lowest BCUT2D eigenvalue weighted by Gasteiger charge is -2.33. The van der Waals surface area contributed by atoms with Crippen molar-refractivity contribution in [2.45, 2.75) is 26.9 Å². The third-order valence-electron chi connectivity index (χ3n) is 5.22. The number of nitrogens with two attached hydrogens (primary N) is 1. The highest BCUT2D eigenvalue weighted by atomic mass is 16.5. The molecule has 1 atom stereocenters. The van der Waals surface area contributed by atoms with Gasteiger partial charge in [0.05, 0.1) is 6.61 Å². The molecule has 0 radical (unpaired) electrons. The summed E-state index contributed by atoms with van der Waals surface area (Å²) in [6.45, 7) is 5.41. The molecule has 0 saturated carbocycles. The molecule has 0 unspecified atom stereocenters. The second-order valence-electron chi connectivity index (χ2n) is 7.54. The van der Waals surface area contributed by atoms with Gasteiger partial charge in [0, 0.05) is 25.8 Å². The molecule has 2 aromatic heterocycles. The normalized spacial score (nSPS) is 16.0. The highest BCUT2D eigenvalue weighted by Crippen LogP contribution is 2.33. The Labute approximate surface area is 172 Å². The Morgan fingerprint density at radius 1 is 1.23 bits per heavy atom. The van der Waals surface area contributed by atoms with Gasteiger partial charge in [-0.25, -0.2) is 9.36 Å². The second kappa shape index (κ2) is 7.36. The third-order valence-corrected chi connectivity index (χ3v) is 5.22. The maximum atomic E-state index is 13.1. The van der Waals surface area contributed by atoms with Crippen LogP contribution in [-0.2, 0) is 24.9 Å². The minimum Gasteiger partial charge on any atom is -0.494 e. The van der Waals surface area contributed by atoms with Gasteiger partial charge < -0.3 is 19.9 Å². The van der Waals surface area contributed by atoms with Crippen LogP contribution in [0.5, 0.6) is 5.75 Å². The molecular weight excluding hydrogens is 388 g/mol. The van der Waals surface area contributed by atoms with Gasteiger partial charge in [-0.3, -0.25) is 14.2 Å². The van der Waals surface area contributed by atoms with E-state index in [0.29, 0.717) is 25.6 Å². The summed E-state index contributed by atoms with van der Waals surface area (Å²) in [5, 5.41) is 0. The molecule has 10 heteroatoms. The van der Waals surface area contributed by atoms with Crippen LogP contribution >= 0.6 is 0 Å². The topological polar surface area (TPSA) is 117 Å². The van der Waals surface area contributed by atoms with Gasteiger partial charge in [-0.1, -0.05) is 6.92 Å². The largest absolute Gasteiger partial charge is 0.494 e. The SMILES string of the molecule is CCOc1ccc(N2C[C@H](C)Cn3c2nc2c3c(=O)n(CC(N)=O)c(=O)n2C)cc1. The van der Waals surface area contributed by atoms with Gasteiger partial charge in [-0.15, -0.1) is 0 Å². The number of primary amides is 1. The summed E-state index contributed by atoms with van der Waals surface area (Å²) in [5.74, 6) is 0.826. The summed E-state index contributed by atoms with van der Waals surface area (Å²) in [6.07, 6.45) is 0. The Bertz CT molecular complexity index is 1240. The monoisotopic (exact) mass is 412 g/mol. The van der Waals surface area contributed by atoms with Crippen LogP contribution in [0.25, 0.3) is 11.2 Å². The van der Waals surface area contributed by atoms with Gasteiger partial charge >= 0.3 is 5.69 Å². The minimum absolute atomic E-state index is 0.225. The van der Waals surface area contributed by atoms with Gasteiger partial charge in [0.25, 0.3) is 5.56 Å². The Morgan fingerprint density at radius 2 is 1.93 bits per heavy atom. The highest BCUT2D eigenvalue weighted by molar-refractivity contribution is 5.78. The van der Waals surface area contributed by atoms with Gasteiger partial charge in [0.1, 0.15) is 12.3 Å². The smallest absolute Gasteiger partial charge is 0.332 e. The molecule has 1 aliphatic heterocycles. The number of carbonyl (C=O) groups excluding carboxylic acids is 1. The number of fused-ring (bicyclic) bond motifs is 3. The number of nitrogens with zero attached hydrogens (tertiary/aromatic N) is 5. The van der Waals surface area contributed by atoms with Crippen LogP contribution in [0.1, 0.15) is 13.8 Å². The first-order chi connectivity index (χ1) is 14.3. The minimum atomic E-state index is -0.753. The van der Waals surface area contributed by atoms with Crippen molar-refractivity contribution in [2.24, 2.45) is 18.7 Å². The van der Waals surface area contributed by atoms with Crippen LogP contribution in [0.15, 0.2) is 33.9 Å². The number of aryl methyl sites for hydroxylation is 1. The average Bonchev–Trinajstić information content (AvgIpc) is 3.09. The number of aromatic nitrogens is 4. The van der Waals surface area contributed by atoms with E-state index in [-0.39, 0.29) is 17.1 Å². The average molecular weight is 412 g/mol. The van der Waals surface area contributed by atoms with Crippen molar-refractivity contribution in [1.29, 1.82) is 0 Å². The number of anilines is 2. The lowest BCUT2D eigenvalue weighted by atomic mass is 10.1. The summed E-state index contributed by atoms with van der Waals surface area (Å²) >= 11 is 0. The molecular formula is C20H24N6O4. The van der Waals surface area contributed by atoms with Crippen molar-refractivity contribution in [3.63, 3.8) is 0 Å². The van der Waals surface area contributed by atoms with Crippen molar-refractivity contribution in [3.8, 4) is 5.75 Å². The molecule has 1 aromatic carbocycles. The molecule has 30 heavy (non-hydrogen) atoms. The number of rotatable bonds is 5. The number of carbonyl (C=O) groups is 1. The molecule has 0 spiro atoms. The number of hydrogen-bond donors (Lipinski definition) is 1. The van der Waals surface area contributed by atoms with Gasteiger partial charge in [0.15, 0.2) is 11.2 Å². The number of amides is 1. The standard InChI is InChI=1S/C20H24N6O4/c1-4-30-14-7-5-13(6-8-14)24-9-12(2)10-25-16-17(22-19(24)25)23(3)20(29)26(18(16)28)11-15(21)27/h5-8,12H,4,9-11H2,1-3H3,(H2,21,27)/t12-/m0/s1. The molecule has 3 aromatic rings. The van der Waals surface area contributed by atoms with Crippen LogP contribution < -0.4 is 26.6 Å². The fraction of sp³-hybridized carbons (Fsp3) is 0.400. The number of ether oxygens (including phenoxy) is 1. The number of benzene rings is 1. The molecule has 0 saturated heterocycles. The lowest BCUT2D eigenvalue weighted by molar-refractivity contribution is -0.118. The van der Waals surface area contributed by atoms with E-state index in [1.165, 1.54) is 11.6 Å². The zero-order valence-electron chi connectivity index (χ0n) is 17.2. The van der Waals surface area contributed by atoms with Crippen LogP contribution in [0.4, 0.5) is 11.6 Å². The van der Waals surface area contributed by atoms with Crippen LogP contribution in [0.2, 0.25) is 0 Å². The molecule has 2 N–H and O–H groups in total. The van der Waals surface area contributed by atoms with Crippen LogP contribution in [0, 0.1) is 5.92 Å². The van der Waals surface area contributed by atoms with Crippen molar-refractivity contribution in [1.82, 2.24) is 18.7 Å². The van der Waals surface area contributed by atoms with Crippen molar-refractivity contribution in [3.05, 3.63) is 45.1 Å². The first-order valence-corrected chi connectivity index (χ1v) is 9.80. The first-order valence-electron chi connectivity index (χ1n) is 9.80. The molecule has 0 bridgehead atoms. The predicted octanol–water partition coefficient (Wildman–Crippen LogP) is 0.569. The summed E-state index contributed by atoms with van der Waals surface area (Å²) < 4.78 is 9.48. The molecule has 1 aliphatic rings. The van der Waals surface area contributed by atoms with Gasteiger partial charge in [-0.2, -0.15) is 4.98 Å². The van der Waals surface area contributed by atoms with Gasteiger partial charge in [-0.05, 0) is 37.1 Å². The van der Waals surface area contributed by atoms with Gasteiger partial charge in [0.2, 0.25) is 11.9 Å². The summed E-state index contributed by atoms with van der Waals surface area (Å²) in [5.41, 5.74) is 5.53. The van der Waals surface area contributed by atoms with Crippen molar-refractivity contribution in [2.75, 3.05) is 18.1 Å². The fourth-order valence-corrected chi connectivity index (χ4v) is 3.91. The zero-order chi connectivity index (χ0) is 21.6. The predicted molar refractivity (Wildman–Crippen MR) is 112 cm³/mol. The Balaban J connectivity index is 1.92. The maximum absolute atomic E-state index is 13.1. The summed E-state index contributed by atoms with van der Waals surface area (Å²) in [4.78, 5) is 43.7. The Hall–Kier alpha value is -3.56. The van der Waals surface area contributed by atoms with E-state index in [9.17, 15) is 14.4 Å². The third kappa shape index (κ3) is 3.14.